The smallest absolute Gasteiger partial charge is 0.338 e. The standard InChI is InChI=1S/C18H18O4/c1-13(2)22-18(20)16-5-3-4-15(10-16)12-21-17-8-6-14(11-19)7-9-17/h3-11,13H,12H2,1-2H3. The molecule has 2 rings (SSSR count). The van der Waals surface area contributed by atoms with Crippen molar-refractivity contribution < 1.29 is 19.1 Å². The third-order valence-corrected chi connectivity index (χ3v) is 2.93. The fourth-order valence-electron chi connectivity index (χ4n) is 1.88. The molecule has 4 heteroatoms. The predicted molar refractivity (Wildman–Crippen MR) is 83.2 cm³/mol. The first-order chi connectivity index (χ1) is 10.6. The Labute approximate surface area is 129 Å². The zero-order valence-electron chi connectivity index (χ0n) is 12.6. The fourth-order valence-corrected chi connectivity index (χ4v) is 1.88. The summed E-state index contributed by atoms with van der Waals surface area (Å²) in [6.07, 6.45) is 0.636. The van der Waals surface area contributed by atoms with Crippen LogP contribution in [-0.2, 0) is 11.3 Å². The van der Waals surface area contributed by atoms with Gasteiger partial charge in [0.1, 0.15) is 18.6 Å². The van der Waals surface area contributed by atoms with Crippen LogP contribution in [-0.4, -0.2) is 18.4 Å². The minimum atomic E-state index is -0.341. The van der Waals surface area contributed by atoms with E-state index < -0.39 is 0 Å². The average Bonchev–Trinajstić information content (AvgIpc) is 2.53. The summed E-state index contributed by atoms with van der Waals surface area (Å²) in [6, 6.07) is 14.0. The van der Waals surface area contributed by atoms with Crippen molar-refractivity contribution in [1.29, 1.82) is 0 Å². The van der Waals surface area contributed by atoms with Gasteiger partial charge in [0.2, 0.25) is 0 Å². The van der Waals surface area contributed by atoms with E-state index >= 15 is 0 Å². The number of carbonyl (C=O) groups excluding carboxylic acids is 2. The van der Waals surface area contributed by atoms with Gasteiger partial charge in [-0.25, -0.2) is 4.79 Å². The number of benzene rings is 2. The zero-order valence-corrected chi connectivity index (χ0v) is 12.6. The van der Waals surface area contributed by atoms with Gasteiger partial charge in [0.05, 0.1) is 11.7 Å². The third-order valence-electron chi connectivity index (χ3n) is 2.93. The molecule has 0 unspecified atom stereocenters. The van der Waals surface area contributed by atoms with Gasteiger partial charge in [-0.15, -0.1) is 0 Å². The number of rotatable bonds is 6. The monoisotopic (exact) mass is 298 g/mol. The Balaban J connectivity index is 2.00. The Hall–Kier alpha value is -2.62. The molecule has 0 aliphatic rings. The van der Waals surface area contributed by atoms with Crippen LogP contribution in [0.4, 0.5) is 0 Å². The van der Waals surface area contributed by atoms with Crippen LogP contribution >= 0.6 is 0 Å². The molecule has 2 aromatic rings. The van der Waals surface area contributed by atoms with Crippen LogP contribution in [0.3, 0.4) is 0 Å². The van der Waals surface area contributed by atoms with Crippen LogP contribution in [0.2, 0.25) is 0 Å². The summed E-state index contributed by atoms with van der Waals surface area (Å²) in [5.41, 5.74) is 1.98. The summed E-state index contributed by atoms with van der Waals surface area (Å²) in [6.45, 7) is 3.96. The normalized spacial score (nSPS) is 10.3. The Morgan fingerprint density at radius 3 is 2.50 bits per heavy atom. The van der Waals surface area contributed by atoms with Crippen LogP contribution in [0.15, 0.2) is 48.5 Å². The fraction of sp³-hybridized carbons (Fsp3) is 0.222. The van der Waals surface area contributed by atoms with Gasteiger partial charge >= 0.3 is 5.97 Å². The van der Waals surface area contributed by atoms with Crippen molar-refractivity contribution in [2.24, 2.45) is 0 Å². The van der Waals surface area contributed by atoms with Crippen molar-refractivity contribution in [3.63, 3.8) is 0 Å². The van der Waals surface area contributed by atoms with Crippen molar-refractivity contribution >= 4 is 12.3 Å². The predicted octanol–water partition coefficient (Wildman–Crippen LogP) is 3.64. The summed E-state index contributed by atoms with van der Waals surface area (Å²) >= 11 is 0. The van der Waals surface area contributed by atoms with Gasteiger partial charge < -0.3 is 9.47 Å². The molecule has 114 valence electrons. The molecular formula is C18H18O4. The largest absolute Gasteiger partial charge is 0.489 e. The maximum absolute atomic E-state index is 11.9. The summed E-state index contributed by atoms with van der Waals surface area (Å²) in [5, 5.41) is 0. The van der Waals surface area contributed by atoms with Crippen molar-refractivity contribution in [1.82, 2.24) is 0 Å². The molecule has 0 saturated heterocycles. The number of ether oxygens (including phenoxy) is 2. The van der Waals surface area contributed by atoms with E-state index in [-0.39, 0.29) is 12.1 Å². The molecule has 0 atom stereocenters. The first-order valence-electron chi connectivity index (χ1n) is 7.06. The molecule has 0 fully saturated rings. The summed E-state index contributed by atoms with van der Waals surface area (Å²) in [4.78, 5) is 22.4. The molecule has 0 aromatic heterocycles. The Kier molecular flexibility index (Phi) is 5.31. The summed E-state index contributed by atoms with van der Waals surface area (Å²) in [7, 11) is 0. The lowest BCUT2D eigenvalue weighted by atomic mass is 10.1. The molecular weight excluding hydrogens is 280 g/mol. The van der Waals surface area contributed by atoms with Crippen molar-refractivity contribution in [3.05, 3.63) is 65.2 Å². The second kappa shape index (κ2) is 7.41. The van der Waals surface area contributed by atoms with Gasteiger partial charge in [-0.1, -0.05) is 12.1 Å². The molecule has 2 aromatic carbocycles. The first-order valence-corrected chi connectivity index (χ1v) is 7.06. The van der Waals surface area contributed by atoms with Gasteiger partial charge in [-0.05, 0) is 55.8 Å². The van der Waals surface area contributed by atoms with Gasteiger partial charge in [0.25, 0.3) is 0 Å². The van der Waals surface area contributed by atoms with E-state index in [0.29, 0.717) is 23.5 Å². The molecule has 4 nitrogen and oxygen atoms in total. The molecule has 0 aliphatic heterocycles. The minimum Gasteiger partial charge on any atom is -0.489 e. The lowest BCUT2D eigenvalue weighted by Crippen LogP contribution is -2.12. The van der Waals surface area contributed by atoms with Crippen LogP contribution in [0.25, 0.3) is 0 Å². The number of hydrogen-bond acceptors (Lipinski definition) is 4. The minimum absolute atomic E-state index is 0.149. The number of hydrogen-bond donors (Lipinski definition) is 0. The second-order valence-corrected chi connectivity index (χ2v) is 5.13. The molecule has 0 spiro atoms. The van der Waals surface area contributed by atoms with Crippen LogP contribution in [0.1, 0.15) is 40.1 Å². The molecule has 22 heavy (non-hydrogen) atoms. The highest BCUT2D eigenvalue weighted by atomic mass is 16.5. The van der Waals surface area contributed by atoms with E-state index in [1.165, 1.54) is 0 Å². The lowest BCUT2D eigenvalue weighted by Gasteiger charge is -2.10. The SMILES string of the molecule is CC(C)OC(=O)c1cccc(COc2ccc(C=O)cc2)c1. The Bertz CT molecular complexity index is 644. The maximum atomic E-state index is 11.9. The average molecular weight is 298 g/mol. The second-order valence-electron chi connectivity index (χ2n) is 5.13. The molecule has 0 amide bonds. The molecule has 0 N–H and O–H groups in total. The number of carbonyl (C=O) groups is 2. The van der Waals surface area contributed by atoms with Crippen molar-refractivity contribution in [3.8, 4) is 5.75 Å². The number of esters is 1. The van der Waals surface area contributed by atoms with Crippen molar-refractivity contribution in [2.45, 2.75) is 26.6 Å². The Morgan fingerprint density at radius 1 is 1.14 bits per heavy atom. The Morgan fingerprint density at radius 2 is 1.86 bits per heavy atom. The van der Waals surface area contributed by atoms with E-state index in [4.69, 9.17) is 9.47 Å². The van der Waals surface area contributed by atoms with Gasteiger partial charge in [-0.3, -0.25) is 4.79 Å². The molecule has 0 bridgehead atoms. The van der Waals surface area contributed by atoms with Gasteiger partial charge in [-0.2, -0.15) is 0 Å². The number of aldehydes is 1. The maximum Gasteiger partial charge on any atom is 0.338 e. The van der Waals surface area contributed by atoms with Crippen LogP contribution in [0.5, 0.6) is 5.75 Å². The topological polar surface area (TPSA) is 52.6 Å². The zero-order chi connectivity index (χ0) is 15.9. The van der Waals surface area contributed by atoms with Gasteiger partial charge in [0, 0.05) is 5.56 Å². The highest BCUT2D eigenvalue weighted by Gasteiger charge is 2.09. The highest BCUT2D eigenvalue weighted by molar-refractivity contribution is 5.89. The molecule has 0 aliphatic carbocycles. The van der Waals surface area contributed by atoms with E-state index in [1.807, 2.05) is 19.9 Å². The molecule has 0 heterocycles. The summed E-state index contributed by atoms with van der Waals surface area (Å²) < 4.78 is 10.8. The van der Waals surface area contributed by atoms with E-state index in [1.54, 1.807) is 42.5 Å². The molecule has 0 saturated carbocycles. The van der Waals surface area contributed by atoms with E-state index in [2.05, 4.69) is 0 Å². The van der Waals surface area contributed by atoms with Crippen LogP contribution < -0.4 is 4.74 Å². The van der Waals surface area contributed by atoms with Crippen molar-refractivity contribution in [2.75, 3.05) is 0 Å². The molecule has 0 radical (unpaired) electrons. The summed E-state index contributed by atoms with van der Waals surface area (Å²) in [5.74, 6) is 0.327. The van der Waals surface area contributed by atoms with Crippen LogP contribution in [0, 0.1) is 0 Å². The van der Waals surface area contributed by atoms with E-state index in [9.17, 15) is 9.59 Å². The third kappa shape index (κ3) is 4.45. The quantitative estimate of drug-likeness (QED) is 0.603. The first kappa shape index (κ1) is 15.8. The lowest BCUT2D eigenvalue weighted by molar-refractivity contribution is 0.0377. The van der Waals surface area contributed by atoms with Gasteiger partial charge in [0.15, 0.2) is 0 Å². The van der Waals surface area contributed by atoms with E-state index in [0.717, 1.165) is 11.8 Å². The highest BCUT2D eigenvalue weighted by Crippen LogP contribution is 2.15.